The average Bonchev–Trinajstić information content (AvgIpc) is 3.98. The number of rotatable bonds is 7. The van der Waals surface area contributed by atoms with Crippen molar-refractivity contribution in [2.24, 2.45) is 0 Å². The van der Waals surface area contributed by atoms with Gasteiger partial charge in [0.2, 0.25) is 0 Å². The van der Waals surface area contributed by atoms with Crippen LogP contribution in [0.3, 0.4) is 0 Å². The average molecular weight is 930 g/mol. The molecule has 2 heterocycles. The molecule has 0 amide bonds. The molecule has 1 aliphatic heterocycles. The molecule has 13 aromatic rings. The van der Waals surface area contributed by atoms with Crippen molar-refractivity contribution in [3.05, 3.63) is 284 Å². The van der Waals surface area contributed by atoms with Crippen molar-refractivity contribution in [3.63, 3.8) is 0 Å². The first-order valence-electron chi connectivity index (χ1n) is 25.4. The van der Waals surface area contributed by atoms with E-state index in [0.29, 0.717) is 0 Å². The minimum absolute atomic E-state index is 0.151. The van der Waals surface area contributed by atoms with Gasteiger partial charge in [0.15, 0.2) is 0 Å². The van der Waals surface area contributed by atoms with Crippen molar-refractivity contribution in [2.75, 3.05) is 9.80 Å². The van der Waals surface area contributed by atoms with Crippen molar-refractivity contribution in [1.29, 1.82) is 0 Å². The third-order valence-electron chi connectivity index (χ3n) is 15.7. The maximum atomic E-state index is 2.57. The van der Waals surface area contributed by atoms with Crippen LogP contribution >= 0.6 is 0 Å². The van der Waals surface area contributed by atoms with E-state index in [-0.39, 0.29) is 12.0 Å². The molecule has 15 rings (SSSR count). The highest BCUT2D eigenvalue weighted by molar-refractivity contribution is 6.25. The van der Waals surface area contributed by atoms with Gasteiger partial charge in [-0.25, -0.2) is 0 Å². The molecule has 0 spiro atoms. The minimum atomic E-state index is 0.151. The molecule has 0 saturated heterocycles. The largest absolute Gasteiger partial charge is 0.333 e. The molecule has 2 atom stereocenters. The van der Waals surface area contributed by atoms with Crippen molar-refractivity contribution in [2.45, 2.75) is 12.0 Å². The van der Waals surface area contributed by atoms with Crippen molar-refractivity contribution >= 4 is 98.9 Å². The molecule has 0 N–H and O–H groups in total. The number of benzene rings is 12. The lowest BCUT2D eigenvalue weighted by Gasteiger charge is -2.30. The molecular weight excluding hydrogens is 883 g/mol. The first kappa shape index (κ1) is 41.4. The van der Waals surface area contributed by atoms with Crippen LogP contribution in [-0.4, -0.2) is 10.6 Å². The normalized spacial score (nSPS) is 15.1. The highest BCUT2D eigenvalue weighted by atomic mass is 15.2. The summed E-state index contributed by atoms with van der Waals surface area (Å²) in [6.07, 6.45) is 7.23. The van der Waals surface area contributed by atoms with Gasteiger partial charge in [-0.15, -0.1) is 0 Å². The summed E-state index contributed by atoms with van der Waals surface area (Å²) in [5.74, 6) is 0.227. The standard InChI is InChI=1S/C70H47N3/c1-3-16-46(17-4-1)49-32-39-68-63(42-49)61-27-13-14-28-67(61)72(68)54-37-41-70-65(45-54)64-43-50(47-30-34-52(35-31-47)71(51-20-5-2-6-21-51)66-29-15-19-48-18-7-8-22-55(48)66)33-40-69(64)73(70)53-36-38-60-58-25-10-9-23-56(58)57-24-11-12-26-59(57)62(60)44-53/h1-45,63,68H. The summed E-state index contributed by atoms with van der Waals surface area (Å²) in [6.45, 7) is 0. The summed E-state index contributed by atoms with van der Waals surface area (Å²) in [5, 5.41) is 12.5. The second kappa shape index (κ2) is 16.6. The molecule has 0 fully saturated rings. The zero-order chi connectivity index (χ0) is 48.0. The summed E-state index contributed by atoms with van der Waals surface area (Å²) < 4.78 is 2.49. The Balaban J connectivity index is 0.902. The molecular formula is C70H47N3. The van der Waals surface area contributed by atoms with Crippen LogP contribution in [0.15, 0.2) is 273 Å². The third-order valence-corrected chi connectivity index (χ3v) is 15.7. The van der Waals surface area contributed by atoms with E-state index in [4.69, 9.17) is 0 Å². The molecule has 1 aliphatic carbocycles. The lowest BCUT2D eigenvalue weighted by atomic mass is 9.86. The Kier molecular flexibility index (Phi) is 9.40. The molecule has 342 valence electrons. The molecule has 0 radical (unpaired) electrons. The smallest absolute Gasteiger partial charge is 0.0630 e. The fourth-order valence-corrected chi connectivity index (χ4v) is 12.3. The van der Waals surface area contributed by atoms with Crippen LogP contribution in [0.4, 0.5) is 28.4 Å². The van der Waals surface area contributed by atoms with E-state index in [0.717, 1.165) is 22.7 Å². The highest BCUT2D eigenvalue weighted by Crippen LogP contribution is 2.51. The van der Waals surface area contributed by atoms with Gasteiger partial charge in [-0.3, -0.25) is 0 Å². The van der Waals surface area contributed by atoms with Crippen LogP contribution in [0.2, 0.25) is 0 Å². The topological polar surface area (TPSA) is 11.4 Å². The van der Waals surface area contributed by atoms with Crippen LogP contribution < -0.4 is 9.80 Å². The van der Waals surface area contributed by atoms with Crippen LogP contribution in [-0.2, 0) is 0 Å². The number of allylic oxidation sites excluding steroid dienone is 2. The third kappa shape index (κ3) is 6.59. The number of para-hydroxylation sites is 2. The second-order valence-corrected chi connectivity index (χ2v) is 19.6. The molecule has 0 bridgehead atoms. The van der Waals surface area contributed by atoms with Gasteiger partial charge >= 0.3 is 0 Å². The van der Waals surface area contributed by atoms with Gasteiger partial charge in [0.1, 0.15) is 0 Å². The van der Waals surface area contributed by atoms with Gasteiger partial charge in [-0.1, -0.05) is 194 Å². The Morgan fingerprint density at radius 1 is 0.356 bits per heavy atom. The number of nitrogens with zero attached hydrogens (tertiary/aromatic N) is 3. The van der Waals surface area contributed by atoms with Gasteiger partial charge in [0.05, 0.1) is 22.8 Å². The second-order valence-electron chi connectivity index (χ2n) is 19.6. The fraction of sp³-hybridized carbons (Fsp3) is 0.0286. The van der Waals surface area contributed by atoms with E-state index in [1.54, 1.807) is 0 Å². The zero-order valence-electron chi connectivity index (χ0n) is 40.0. The monoisotopic (exact) mass is 929 g/mol. The van der Waals surface area contributed by atoms with Crippen molar-refractivity contribution in [1.82, 2.24) is 4.57 Å². The van der Waals surface area contributed by atoms with Gasteiger partial charge < -0.3 is 14.4 Å². The molecule has 3 heteroatoms. The predicted molar refractivity (Wildman–Crippen MR) is 310 cm³/mol. The summed E-state index contributed by atoms with van der Waals surface area (Å²) in [4.78, 5) is 4.95. The SMILES string of the molecule is C1=CC2C(C=C1c1ccccc1)c1ccccc1N2c1ccc2c(c1)c1cc(-c3ccc(N(c4ccccc4)c4cccc5ccccc45)cc3)ccc1n2-c1ccc2c3ccccc3c3ccccc3c2c1. The minimum Gasteiger partial charge on any atom is -0.333 e. The van der Waals surface area contributed by atoms with Gasteiger partial charge in [0, 0.05) is 50.5 Å². The number of hydrogen-bond acceptors (Lipinski definition) is 2. The van der Waals surface area contributed by atoms with Crippen LogP contribution in [0.5, 0.6) is 0 Å². The van der Waals surface area contributed by atoms with E-state index in [2.05, 4.69) is 287 Å². The highest BCUT2D eigenvalue weighted by Gasteiger charge is 2.38. The molecule has 2 unspecified atom stereocenters. The van der Waals surface area contributed by atoms with Crippen LogP contribution in [0.1, 0.15) is 17.0 Å². The number of fused-ring (bicyclic) bond motifs is 13. The van der Waals surface area contributed by atoms with E-state index < -0.39 is 0 Å². The zero-order valence-corrected chi connectivity index (χ0v) is 40.0. The van der Waals surface area contributed by atoms with Crippen molar-refractivity contribution < 1.29 is 0 Å². The predicted octanol–water partition coefficient (Wildman–Crippen LogP) is 18.8. The van der Waals surface area contributed by atoms with E-state index in [9.17, 15) is 0 Å². The van der Waals surface area contributed by atoms with Crippen LogP contribution in [0.25, 0.3) is 87.3 Å². The fourth-order valence-electron chi connectivity index (χ4n) is 12.3. The number of hydrogen-bond donors (Lipinski definition) is 0. The lowest BCUT2D eigenvalue weighted by Crippen LogP contribution is -2.28. The molecule has 12 aromatic carbocycles. The lowest BCUT2D eigenvalue weighted by molar-refractivity contribution is 0.747. The first-order chi connectivity index (χ1) is 36.2. The van der Waals surface area contributed by atoms with Crippen LogP contribution in [0, 0.1) is 0 Å². The number of anilines is 5. The van der Waals surface area contributed by atoms with E-state index in [1.807, 2.05) is 0 Å². The quantitative estimate of drug-likeness (QED) is 0.148. The molecule has 2 aliphatic rings. The Morgan fingerprint density at radius 3 is 1.68 bits per heavy atom. The van der Waals surface area contributed by atoms with Gasteiger partial charge in [0.25, 0.3) is 0 Å². The Labute approximate surface area is 424 Å². The summed E-state index contributed by atoms with van der Waals surface area (Å²) in [6, 6.07) is 94.0. The summed E-state index contributed by atoms with van der Waals surface area (Å²) in [5.41, 5.74) is 15.6. The molecule has 1 aromatic heterocycles. The van der Waals surface area contributed by atoms with Gasteiger partial charge in [-0.05, 0) is 144 Å². The maximum absolute atomic E-state index is 2.57. The molecule has 0 saturated carbocycles. The Morgan fingerprint density at radius 2 is 0.918 bits per heavy atom. The Hall–Kier alpha value is -9.44. The van der Waals surface area contributed by atoms with E-state index >= 15 is 0 Å². The van der Waals surface area contributed by atoms with Gasteiger partial charge in [-0.2, -0.15) is 0 Å². The summed E-state index contributed by atoms with van der Waals surface area (Å²) in [7, 11) is 0. The number of aromatic nitrogens is 1. The van der Waals surface area contributed by atoms with E-state index in [1.165, 1.54) is 104 Å². The first-order valence-corrected chi connectivity index (χ1v) is 25.4. The molecule has 73 heavy (non-hydrogen) atoms. The molecule has 3 nitrogen and oxygen atoms in total. The Bertz CT molecular complexity index is 4350. The van der Waals surface area contributed by atoms with Crippen molar-refractivity contribution in [3.8, 4) is 16.8 Å². The summed E-state index contributed by atoms with van der Waals surface area (Å²) >= 11 is 0. The maximum Gasteiger partial charge on any atom is 0.0630 e.